The molecular formula is C5H2BrNS2. The van der Waals surface area contributed by atoms with E-state index in [4.69, 9.17) is 0 Å². The highest BCUT2D eigenvalue weighted by molar-refractivity contribution is 9.10. The van der Waals surface area contributed by atoms with Crippen LogP contribution in [-0.4, -0.2) is 4.37 Å². The minimum absolute atomic E-state index is 1.10. The van der Waals surface area contributed by atoms with Crippen LogP contribution in [0, 0.1) is 0 Å². The molecule has 1 nitrogen and oxygen atoms in total. The number of hydrogen-bond donors (Lipinski definition) is 0. The molecule has 0 unspecified atom stereocenters. The van der Waals surface area contributed by atoms with Crippen LogP contribution < -0.4 is 0 Å². The molecule has 0 radical (unpaired) electrons. The molecule has 0 amide bonds. The van der Waals surface area contributed by atoms with Gasteiger partial charge < -0.3 is 0 Å². The van der Waals surface area contributed by atoms with Gasteiger partial charge in [0.1, 0.15) is 5.52 Å². The summed E-state index contributed by atoms with van der Waals surface area (Å²) in [6, 6.07) is 0. The summed E-state index contributed by atoms with van der Waals surface area (Å²) in [5, 5.41) is 4.12. The van der Waals surface area contributed by atoms with Crippen LogP contribution in [0.25, 0.3) is 10.2 Å². The van der Waals surface area contributed by atoms with Crippen LogP contribution in [0.4, 0.5) is 0 Å². The lowest BCUT2D eigenvalue weighted by atomic mass is 10.5. The summed E-state index contributed by atoms with van der Waals surface area (Å²) in [7, 11) is 0. The third kappa shape index (κ3) is 0.818. The molecule has 2 rings (SSSR count). The topological polar surface area (TPSA) is 12.9 Å². The van der Waals surface area contributed by atoms with Gasteiger partial charge in [-0.2, -0.15) is 4.37 Å². The molecule has 0 aliphatic rings. The fourth-order valence-corrected chi connectivity index (χ4v) is 3.06. The van der Waals surface area contributed by atoms with Gasteiger partial charge in [-0.05, 0) is 27.5 Å². The number of hydrogen-bond acceptors (Lipinski definition) is 3. The molecule has 0 N–H and O–H groups in total. The van der Waals surface area contributed by atoms with Crippen molar-refractivity contribution in [2.24, 2.45) is 0 Å². The molecule has 46 valence electrons. The predicted molar refractivity (Wildman–Crippen MR) is 45.2 cm³/mol. The van der Waals surface area contributed by atoms with E-state index in [1.807, 2.05) is 0 Å². The van der Waals surface area contributed by atoms with Gasteiger partial charge in [0, 0.05) is 10.8 Å². The maximum Gasteiger partial charge on any atom is 0.109 e. The first kappa shape index (κ1) is 5.82. The Morgan fingerprint density at radius 2 is 2.33 bits per heavy atom. The smallest absolute Gasteiger partial charge is 0.109 e. The Hall–Kier alpha value is 0.0700. The lowest BCUT2D eigenvalue weighted by molar-refractivity contribution is 1.68. The minimum Gasteiger partial charge on any atom is -0.191 e. The van der Waals surface area contributed by atoms with Gasteiger partial charge in [-0.1, -0.05) is 0 Å². The van der Waals surface area contributed by atoms with Crippen LogP contribution in [0.3, 0.4) is 0 Å². The quantitative estimate of drug-likeness (QED) is 0.664. The molecule has 2 aromatic rings. The van der Waals surface area contributed by atoms with Crippen LogP contribution in [0.2, 0.25) is 0 Å². The maximum absolute atomic E-state index is 4.18. The number of aromatic nitrogens is 1. The molecule has 0 aromatic carbocycles. The number of fused-ring (bicyclic) bond motifs is 1. The second kappa shape index (κ2) is 2.04. The van der Waals surface area contributed by atoms with Crippen molar-refractivity contribution in [3.05, 3.63) is 15.2 Å². The number of halogens is 1. The summed E-state index contributed by atoms with van der Waals surface area (Å²) in [6.45, 7) is 0. The average molecular weight is 220 g/mol. The largest absolute Gasteiger partial charge is 0.191 e. The van der Waals surface area contributed by atoms with Crippen molar-refractivity contribution in [3.8, 4) is 0 Å². The summed E-state index contributed by atoms with van der Waals surface area (Å²) in [5.41, 5.74) is 1.10. The molecule has 0 fully saturated rings. The van der Waals surface area contributed by atoms with E-state index in [-0.39, 0.29) is 0 Å². The van der Waals surface area contributed by atoms with Crippen LogP contribution in [-0.2, 0) is 0 Å². The van der Waals surface area contributed by atoms with E-state index in [0.29, 0.717) is 0 Å². The number of nitrogens with zero attached hydrogens (tertiary/aromatic N) is 1. The molecule has 2 aromatic heterocycles. The van der Waals surface area contributed by atoms with Crippen LogP contribution in [0.5, 0.6) is 0 Å². The van der Waals surface area contributed by atoms with Crippen molar-refractivity contribution >= 4 is 49.0 Å². The third-order valence-electron chi connectivity index (χ3n) is 1.05. The van der Waals surface area contributed by atoms with Gasteiger partial charge >= 0.3 is 0 Å². The van der Waals surface area contributed by atoms with Gasteiger partial charge in [-0.3, -0.25) is 0 Å². The zero-order valence-electron chi connectivity index (χ0n) is 4.30. The molecule has 0 saturated heterocycles. The summed E-state index contributed by atoms with van der Waals surface area (Å²) in [6.07, 6.45) is 0. The SMILES string of the molecule is Brc1csc2csnc12. The highest BCUT2D eigenvalue weighted by Gasteiger charge is 2.01. The monoisotopic (exact) mass is 219 g/mol. The lowest BCUT2D eigenvalue weighted by Crippen LogP contribution is -1.54. The standard InChI is InChI=1S/C5H2BrNS2/c6-3-1-8-4-2-9-7-5(3)4/h1-2H. The van der Waals surface area contributed by atoms with E-state index in [1.165, 1.54) is 16.2 Å². The first-order chi connectivity index (χ1) is 4.38. The molecule has 2 heterocycles. The fraction of sp³-hybridized carbons (Fsp3) is 0. The molecule has 0 aliphatic carbocycles. The minimum atomic E-state index is 1.10. The Morgan fingerprint density at radius 1 is 1.44 bits per heavy atom. The van der Waals surface area contributed by atoms with Crippen molar-refractivity contribution in [3.63, 3.8) is 0 Å². The Labute approximate surface area is 68.6 Å². The van der Waals surface area contributed by atoms with Gasteiger partial charge in [0.25, 0.3) is 0 Å². The molecule has 9 heavy (non-hydrogen) atoms. The Morgan fingerprint density at radius 3 is 3.11 bits per heavy atom. The molecular weight excluding hydrogens is 218 g/mol. The van der Waals surface area contributed by atoms with Crippen molar-refractivity contribution in [2.75, 3.05) is 0 Å². The van der Waals surface area contributed by atoms with Crippen LogP contribution in [0.1, 0.15) is 0 Å². The van der Waals surface area contributed by atoms with E-state index in [9.17, 15) is 0 Å². The number of thiophene rings is 1. The molecule has 0 bridgehead atoms. The summed E-state index contributed by atoms with van der Waals surface area (Å²) < 4.78 is 6.57. The van der Waals surface area contributed by atoms with Gasteiger partial charge in [0.15, 0.2) is 0 Å². The predicted octanol–water partition coefficient (Wildman–Crippen LogP) is 3.12. The van der Waals surface area contributed by atoms with Crippen LogP contribution >= 0.6 is 38.8 Å². The summed E-state index contributed by atoms with van der Waals surface area (Å²) >= 11 is 6.63. The normalized spacial score (nSPS) is 10.8. The fourth-order valence-electron chi connectivity index (χ4n) is 0.644. The molecule has 0 aliphatic heterocycles. The van der Waals surface area contributed by atoms with Crippen molar-refractivity contribution in [1.29, 1.82) is 0 Å². The van der Waals surface area contributed by atoms with Gasteiger partial charge in [0.05, 0.1) is 9.17 Å². The first-order valence-electron chi connectivity index (χ1n) is 2.35. The van der Waals surface area contributed by atoms with Gasteiger partial charge in [-0.25, -0.2) is 0 Å². The maximum atomic E-state index is 4.18. The van der Waals surface area contributed by atoms with E-state index in [2.05, 4.69) is 31.1 Å². The third-order valence-corrected chi connectivity index (χ3v) is 3.66. The zero-order valence-corrected chi connectivity index (χ0v) is 7.52. The highest BCUT2D eigenvalue weighted by atomic mass is 79.9. The van der Waals surface area contributed by atoms with E-state index in [1.54, 1.807) is 11.3 Å². The van der Waals surface area contributed by atoms with E-state index in [0.717, 1.165) is 9.99 Å². The van der Waals surface area contributed by atoms with Gasteiger partial charge in [-0.15, -0.1) is 11.3 Å². The second-order valence-corrected chi connectivity index (χ2v) is 4.01. The van der Waals surface area contributed by atoms with Gasteiger partial charge in [0.2, 0.25) is 0 Å². The van der Waals surface area contributed by atoms with E-state index < -0.39 is 0 Å². The Bertz CT molecular complexity index is 324. The van der Waals surface area contributed by atoms with Crippen molar-refractivity contribution in [2.45, 2.75) is 0 Å². The Kier molecular flexibility index (Phi) is 1.32. The molecule has 0 saturated carbocycles. The van der Waals surface area contributed by atoms with E-state index >= 15 is 0 Å². The van der Waals surface area contributed by atoms with Crippen molar-refractivity contribution in [1.82, 2.24) is 4.37 Å². The average Bonchev–Trinajstić information content (AvgIpc) is 2.35. The molecule has 0 atom stereocenters. The first-order valence-corrected chi connectivity index (χ1v) is 4.86. The molecule has 0 spiro atoms. The summed E-state index contributed by atoms with van der Waals surface area (Å²) in [5.74, 6) is 0. The number of rotatable bonds is 0. The second-order valence-electron chi connectivity index (χ2n) is 1.61. The highest BCUT2D eigenvalue weighted by Crippen LogP contribution is 2.29. The Balaban J connectivity index is 2.99. The van der Waals surface area contributed by atoms with Crippen molar-refractivity contribution < 1.29 is 0 Å². The van der Waals surface area contributed by atoms with Crippen LogP contribution in [0.15, 0.2) is 15.2 Å². The molecule has 4 heteroatoms. The summed E-state index contributed by atoms with van der Waals surface area (Å²) in [4.78, 5) is 0. The lowest BCUT2D eigenvalue weighted by Gasteiger charge is -1.71. The zero-order chi connectivity index (χ0) is 6.27.